The molecule has 0 bridgehead atoms. The van der Waals surface area contributed by atoms with E-state index in [1.54, 1.807) is 14.2 Å². The minimum Gasteiger partial charge on any atom is -0.492 e. The van der Waals surface area contributed by atoms with Crippen molar-refractivity contribution in [1.82, 2.24) is 10.2 Å². The Hall–Kier alpha value is -1.47. The number of hydrogen-bond acceptors (Lipinski definition) is 6. The van der Waals surface area contributed by atoms with Crippen LogP contribution in [0.15, 0.2) is 0 Å². The molecule has 0 aromatic carbocycles. The van der Waals surface area contributed by atoms with E-state index in [1.165, 1.54) is 37.3 Å². The molecular formula is C14H24N4O2S. The molecule has 0 saturated carbocycles. The van der Waals surface area contributed by atoms with E-state index in [2.05, 4.69) is 22.5 Å². The third-order valence-corrected chi connectivity index (χ3v) is 4.76. The number of hydrogen-bond donors (Lipinski definition) is 3. The third-order valence-electron chi connectivity index (χ3n) is 3.65. The van der Waals surface area contributed by atoms with Crippen molar-refractivity contribution in [3.05, 3.63) is 4.88 Å². The van der Waals surface area contributed by atoms with E-state index in [0.717, 1.165) is 11.5 Å². The Morgan fingerprint density at radius 1 is 1.48 bits per heavy atom. The van der Waals surface area contributed by atoms with Crippen LogP contribution in [-0.2, 0) is 0 Å². The average Bonchev–Trinajstić information content (AvgIpc) is 3.06. The zero-order valence-corrected chi connectivity index (χ0v) is 13.7. The molecule has 2 rings (SSSR count). The Labute approximate surface area is 129 Å². The summed E-state index contributed by atoms with van der Waals surface area (Å²) in [7, 11) is 3.17. The predicted octanol–water partition coefficient (Wildman–Crippen LogP) is 1.59. The largest absolute Gasteiger partial charge is 0.492 e. The molecule has 0 spiro atoms. The summed E-state index contributed by atoms with van der Waals surface area (Å²) in [5.74, 6) is 0.378. The Kier molecular flexibility index (Phi) is 5.30. The van der Waals surface area contributed by atoms with Gasteiger partial charge < -0.3 is 26.0 Å². The Morgan fingerprint density at radius 2 is 2.14 bits per heavy atom. The van der Waals surface area contributed by atoms with E-state index in [1.807, 2.05) is 0 Å². The van der Waals surface area contributed by atoms with Crippen LogP contribution in [0.1, 0.15) is 29.4 Å². The zero-order chi connectivity index (χ0) is 15.4. The Balaban J connectivity index is 2.09. The van der Waals surface area contributed by atoms with Gasteiger partial charge in [-0.25, -0.2) is 0 Å². The number of nitrogens with two attached hydrogens (primary N) is 1. The molecule has 118 valence electrons. The number of nitrogen functional groups attached to an aromatic ring is 1. The number of amides is 1. The zero-order valence-electron chi connectivity index (χ0n) is 12.9. The van der Waals surface area contributed by atoms with Gasteiger partial charge in [0, 0.05) is 19.6 Å². The van der Waals surface area contributed by atoms with Crippen LogP contribution in [0.25, 0.3) is 0 Å². The van der Waals surface area contributed by atoms with Crippen LogP contribution < -0.4 is 21.1 Å². The average molecular weight is 312 g/mol. The number of thiophene rings is 1. The lowest BCUT2D eigenvalue weighted by molar-refractivity contribution is 0.0967. The number of nitrogens with one attached hydrogen (secondary N) is 2. The lowest BCUT2D eigenvalue weighted by Crippen LogP contribution is -2.32. The van der Waals surface area contributed by atoms with Crippen LogP contribution in [0.4, 0.5) is 10.7 Å². The molecule has 1 aromatic heterocycles. The smallest absolute Gasteiger partial charge is 0.263 e. The predicted molar refractivity (Wildman–Crippen MR) is 87.4 cm³/mol. The van der Waals surface area contributed by atoms with Crippen molar-refractivity contribution in [2.24, 2.45) is 0 Å². The highest BCUT2D eigenvalue weighted by Crippen LogP contribution is 2.42. The first-order valence-corrected chi connectivity index (χ1v) is 8.05. The molecule has 0 radical (unpaired) electrons. The maximum atomic E-state index is 11.8. The van der Waals surface area contributed by atoms with Crippen LogP contribution in [0.5, 0.6) is 5.75 Å². The lowest BCUT2D eigenvalue weighted by Gasteiger charge is -2.21. The number of carbonyl (C=O) groups is 1. The lowest BCUT2D eigenvalue weighted by atomic mass is 10.3. The summed E-state index contributed by atoms with van der Waals surface area (Å²) in [5, 5.41) is 6.84. The van der Waals surface area contributed by atoms with Gasteiger partial charge >= 0.3 is 0 Å². The molecule has 1 unspecified atom stereocenters. The minimum absolute atomic E-state index is 0.184. The fourth-order valence-corrected chi connectivity index (χ4v) is 3.78. The number of rotatable bonds is 6. The van der Waals surface area contributed by atoms with Gasteiger partial charge in [0.05, 0.1) is 7.11 Å². The first-order valence-electron chi connectivity index (χ1n) is 7.24. The van der Waals surface area contributed by atoms with Crippen molar-refractivity contribution in [2.75, 3.05) is 44.8 Å². The topological polar surface area (TPSA) is 79.6 Å². The first-order chi connectivity index (χ1) is 10.1. The molecule has 1 fully saturated rings. The standard InChI is InChI=1S/C14H24N4O2S/c1-9(8-18-6-4-5-7-18)17-14-11(20-3)10(15)12(21-14)13(19)16-2/h9,17H,4-8,15H2,1-3H3,(H,16,19). The number of ether oxygens (including phenoxy) is 1. The normalized spacial score (nSPS) is 16.7. The molecule has 7 heteroatoms. The fraction of sp³-hybridized carbons (Fsp3) is 0.643. The number of anilines is 2. The molecule has 1 saturated heterocycles. The van der Waals surface area contributed by atoms with Crippen molar-refractivity contribution in [3.8, 4) is 5.75 Å². The fourth-order valence-electron chi connectivity index (χ4n) is 2.63. The second-order valence-corrected chi connectivity index (χ2v) is 6.36. The first kappa shape index (κ1) is 15.9. The van der Waals surface area contributed by atoms with Gasteiger partial charge in [0.15, 0.2) is 5.75 Å². The van der Waals surface area contributed by atoms with Gasteiger partial charge in [-0.05, 0) is 32.9 Å². The van der Waals surface area contributed by atoms with Crippen LogP contribution in [0.2, 0.25) is 0 Å². The second kappa shape index (κ2) is 7.00. The van der Waals surface area contributed by atoms with Gasteiger partial charge in [0.25, 0.3) is 5.91 Å². The van der Waals surface area contributed by atoms with Gasteiger partial charge in [-0.1, -0.05) is 0 Å². The minimum atomic E-state index is -0.184. The SMILES string of the molecule is CNC(=O)c1sc(NC(C)CN2CCCC2)c(OC)c1N. The van der Waals surface area contributed by atoms with Crippen molar-refractivity contribution < 1.29 is 9.53 Å². The molecule has 4 N–H and O–H groups in total. The van der Waals surface area contributed by atoms with Gasteiger partial charge in [0.2, 0.25) is 0 Å². The summed E-state index contributed by atoms with van der Waals surface area (Å²) in [5.41, 5.74) is 6.41. The van der Waals surface area contributed by atoms with Gasteiger partial charge in [0.1, 0.15) is 15.6 Å². The van der Waals surface area contributed by atoms with Crippen LogP contribution in [0, 0.1) is 0 Å². The van der Waals surface area contributed by atoms with Gasteiger partial charge in [-0.2, -0.15) is 0 Å². The van der Waals surface area contributed by atoms with Crippen LogP contribution in [-0.4, -0.2) is 50.6 Å². The third kappa shape index (κ3) is 3.59. The molecular weight excluding hydrogens is 288 g/mol. The summed E-state index contributed by atoms with van der Waals surface area (Å²) in [6, 6.07) is 0.271. The van der Waals surface area contributed by atoms with Crippen molar-refractivity contribution >= 4 is 27.9 Å². The highest BCUT2D eigenvalue weighted by Gasteiger charge is 2.23. The molecule has 2 heterocycles. The number of nitrogens with zero attached hydrogens (tertiary/aromatic N) is 1. The van der Waals surface area contributed by atoms with Crippen LogP contribution in [0.3, 0.4) is 0 Å². The quantitative estimate of drug-likeness (QED) is 0.743. The summed E-state index contributed by atoms with van der Waals surface area (Å²) < 4.78 is 5.35. The summed E-state index contributed by atoms with van der Waals surface area (Å²) in [6.07, 6.45) is 2.56. The highest BCUT2D eigenvalue weighted by molar-refractivity contribution is 7.19. The molecule has 1 aromatic rings. The van der Waals surface area contributed by atoms with Crippen molar-refractivity contribution in [3.63, 3.8) is 0 Å². The molecule has 1 aliphatic rings. The monoisotopic (exact) mass is 312 g/mol. The van der Waals surface area contributed by atoms with Crippen molar-refractivity contribution in [2.45, 2.75) is 25.8 Å². The highest BCUT2D eigenvalue weighted by atomic mass is 32.1. The molecule has 0 aliphatic carbocycles. The van der Waals surface area contributed by atoms with Gasteiger partial charge in [-0.3, -0.25) is 4.79 Å². The van der Waals surface area contributed by atoms with E-state index >= 15 is 0 Å². The van der Waals surface area contributed by atoms with Gasteiger partial charge in [-0.15, -0.1) is 11.3 Å². The van der Waals surface area contributed by atoms with Crippen LogP contribution >= 0.6 is 11.3 Å². The second-order valence-electron chi connectivity index (χ2n) is 5.34. The maximum absolute atomic E-state index is 11.8. The maximum Gasteiger partial charge on any atom is 0.263 e. The number of methoxy groups -OCH3 is 1. The van der Waals surface area contributed by atoms with E-state index in [4.69, 9.17) is 10.5 Å². The van der Waals surface area contributed by atoms with E-state index in [0.29, 0.717) is 16.3 Å². The number of carbonyl (C=O) groups excluding carboxylic acids is 1. The summed E-state index contributed by atoms with van der Waals surface area (Å²) >= 11 is 1.34. The molecule has 6 nitrogen and oxygen atoms in total. The molecule has 21 heavy (non-hydrogen) atoms. The van der Waals surface area contributed by atoms with Crippen molar-refractivity contribution in [1.29, 1.82) is 0 Å². The Morgan fingerprint density at radius 3 is 2.71 bits per heavy atom. The summed E-state index contributed by atoms with van der Waals surface area (Å²) in [6.45, 7) is 5.45. The van der Waals surface area contributed by atoms with E-state index in [9.17, 15) is 4.79 Å². The number of likely N-dealkylation sites (tertiary alicyclic amines) is 1. The Bertz CT molecular complexity index is 497. The molecule has 1 atom stereocenters. The van der Waals surface area contributed by atoms with E-state index in [-0.39, 0.29) is 11.9 Å². The van der Waals surface area contributed by atoms with E-state index < -0.39 is 0 Å². The summed E-state index contributed by atoms with van der Waals surface area (Å²) in [4.78, 5) is 14.7. The molecule has 1 aliphatic heterocycles. The molecule has 1 amide bonds.